The van der Waals surface area contributed by atoms with Gasteiger partial charge in [-0.1, -0.05) is 29.8 Å². The third-order valence-electron chi connectivity index (χ3n) is 3.14. The van der Waals surface area contributed by atoms with Gasteiger partial charge in [-0.05, 0) is 19.8 Å². The molecule has 0 radical (unpaired) electrons. The Hall–Kier alpha value is -1.45. The summed E-state index contributed by atoms with van der Waals surface area (Å²) in [5, 5.41) is 8.89. The summed E-state index contributed by atoms with van der Waals surface area (Å²) in [6.07, 6.45) is 0.0898. The van der Waals surface area contributed by atoms with Crippen molar-refractivity contribution in [3.05, 3.63) is 35.4 Å². The summed E-state index contributed by atoms with van der Waals surface area (Å²) in [4.78, 5) is 10.9. The number of alkyl halides is 2. The molecule has 0 bridgehead atoms. The Morgan fingerprint density at radius 2 is 2.06 bits per heavy atom. The number of carboxylic acids is 1. The van der Waals surface area contributed by atoms with Crippen molar-refractivity contribution < 1.29 is 18.7 Å². The first-order valence-corrected chi connectivity index (χ1v) is 5.08. The van der Waals surface area contributed by atoms with E-state index in [1.165, 1.54) is 18.2 Å². The van der Waals surface area contributed by atoms with E-state index in [9.17, 15) is 13.6 Å². The van der Waals surface area contributed by atoms with Crippen LogP contribution in [0.15, 0.2) is 24.3 Å². The Labute approximate surface area is 91.9 Å². The molecular formula is C12H12F2O2. The molecule has 86 valence electrons. The van der Waals surface area contributed by atoms with Crippen LogP contribution in [-0.4, -0.2) is 11.1 Å². The fourth-order valence-corrected chi connectivity index (χ4v) is 1.90. The highest BCUT2D eigenvalue weighted by Crippen LogP contribution is 2.61. The number of aryl methyl sites for hydroxylation is 1. The van der Waals surface area contributed by atoms with Gasteiger partial charge >= 0.3 is 5.97 Å². The third kappa shape index (κ3) is 1.40. The lowest BCUT2D eigenvalue weighted by Crippen LogP contribution is -2.34. The SMILES string of the molecule is Cc1cccc(C(F)(F)C2(C(=O)O)CC2)c1. The van der Waals surface area contributed by atoms with E-state index >= 15 is 0 Å². The van der Waals surface area contributed by atoms with Crippen molar-refractivity contribution in [1.29, 1.82) is 0 Å². The molecular weight excluding hydrogens is 214 g/mol. The zero-order chi connectivity index (χ0) is 12.0. The normalized spacial score (nSPS) is 18.2. The van der Waals surface area contributed by atoms with Gasteiger partial charge < -0.3 is 5.11 Å². The van der Waals surface area contributed by atoms with Crippen molar-refractivity contribution in [1.82, 2.24) is 0 Å². The second-order valence-electron chi connectivity index (χ2n) is 4.33. The number of carbonyl (C=O) groups is 1. The molecule has 1 saturated carbocycles. The quantitative estimate of drug-likeness (QED) is 0.860. The lowest BCUT2D eigenvalue weighted by Gasteiger charge is -2.23. The Balaban J connectivity index is 2.43. The van der Waals surface area contributed by atoms with Crippen molar-refractivity contribution in [3.8, 4) is 0 Å². The van der Waals surface area contributed by atoms with Crippen LogP contribution in [0.5, 0.6) is 0 Å². The summed E-state index contributed by atoms with van der Waals surface area (Å²) in [5.41, 5.74) is -1.37. The fourth-order valence-electron chi connectivity index (χ4n) is 1.90. The molecule has 0 heterocycles. The van der Waals surface area contributed by atoms with Crippen LogP contribution in [0.4, 0.5) is 8.78 Å². The van der Waals surface area contributed by atoms with Gasteiger partial charge in [0.05, 0.1) is 0 Å². The molecule has 2 rings (SSSR count). The van der Waals surface area contributed by atoms with Crippen molar-refractivity contribution in [2.24, 2.45) is 5.41 Å². The topological polar surface area (TPSA) is 37.3 Å². The van der Waals surface area contributed by atoms with Crippen LogP contribution in [-0.2, 0) is 10.7 Å². The number of rotatable bonds is 3. The molecule has 1 N–H and O–H groups in total. The van der Waals surface area contributed by atoms with Crippen LogP contribution in [0.1, 0.15) is 24.0 Å². The smallest absolute Gasteiger partial charge is 0.316 e. The molecule has 0 saturated heterocycles. The summed E-state index contributed by atoms with van der Waals surface area (Å²) in [6, 6.07) is 5.87. The second kappa shape index (κ2) is 3.27. The molecule has 1 aliphatic carbocycles. The molecule has 0 aromatic heterocycles. The molecule has 4 heteroatoms. The Kier molecular flexibility index (Phi) is 2.26. The lowest BCUT2D eigenvalue weighted by molar-refractivity contribution is -0.163. The van der Waals surface area contributed by atoms with Crippen molar-refractivity contribution in [2.75, 3.05) is 0 Å². The molecule has 1 aromatic rings. The van der Waals surface area contributed by atoms with Crippen molar-refractivity contribution in [2.45, 2.75) is 25.7 Å². The average molecular weight is 226 g/mol. The second-order valence-corrected chi connectivity index (χ2v) is 4.33. The number of aliphatic carboxylic acids is 1. The maximum Gasteiger partial charge on any atom is 0.316 e. The predicted octanol–water partition coefficient (Wildman–Crippen LogP) is 2.95. The van der Waals surface area contributed by atoms with Gasteiger partial charge in [0.1, 0.15) is 5.41 Å². The van der Waals surface area contributed by atoms with Crippen LogP contribution in [0.2, 0.25) is 0 Å². The maximum atomic E-state index is 14.0. The van der Waals surface area contributed by atoms with Gasteiger partial charge in [0.25, 0.3) is 5.92 Å². The molecule has 0 spiro atoms. The third-order valence-corrected chi connectivity index (χ3v) is 3.14. The Morgan fingerprint density at radius 1 is 1.44 bits per heavy atom. The molecule has 1 fully saturated rings. The van der Waals surface area contributed by atoms with E-state index in [4.69, 9.17) is 5.11 Å². The highest BCUT2D eigenvalue weighted by molar-refractivity contribution is 5.79. The molecule has 0 aliphatic heterocycles. The summed E-state index contributed by atoms with van der Waals surface area (Å²) < 4.78 is 28.1. The van der Waals surface area contributed by atoms with Crippen LogP contribution in [0.3, 0.4) is 0 Å². The van der Waals surface area contributed by atoms with Crippen molar-refractivity contribution in [3.63, 3.8) is 0 Å². The van der Waals surface area contributed by atoms with Gasteiger partial charge in [0.2, 0.25) is 0 Å². The standard InChI is InChI=1S/C12H12F2O2/c1-8-3-2-4-9(7-8)12(13,14)11(5-6-11)10(15)16/h2-4,7H,5-6H2,1H3,(H,15,16). The van der Waals surface area contributed by atoms with Gasteiger partial charge in [-0.3, -0.25) is 4.79 Å². The monoisotopic (exact) mass is 226 g/mol. The number of hydrogen-bond donors (Lipinski definition) is 1. The molecule has 2 nitrogen and oxygen atoms in total. The van der Waals surface area contributed by atoms with Crippen LogP contribution in [0, 0.1) is 12.3 Å². The van der Waals surface area contributed by atoms with Crippen LogP contribution in [0.25, 0.3) is 0 Å². The zero-order valence-electron chi connectivity index (χ0n) is 8.84. The number of benzene rings is 1. The highest BCUT2D eigenvalue weighted by Gasteiger charge is 2.68. The maximum absolute atomic E-state index is 14.0. The Morgan fingerprint density at radius 3 is 2.50 bits per heavy atom. The van der Waals surface area contributed by atoms with E-state index in [0.29, 0.717) is 5.56 Å². The van der Waals surface area contributed by atoms with Gasteiger partial charge in [-0.25, -0.2) is 8.78 Å². The summed E-state index contributed by atoms with van der Waals surface area (Å²) in [7, 11) is 0. The van der Waals surface area contributed by atoms with Crippen LogP contribution < -0.4 is 0 Å². The number of hydrogen-bond acceptors (Lipinski definition) is 1. The van der Waals surface area contributed by atoms with Gasteiger partial charge in [0.15, 0.2) is 0 Å². The summed E-state index contributed by atoms with van der Waals surface area (Å²) in [6.45, 7) is 1.71. The minimum Gasteiger partial charge on any atom is -0.481 e. The molecule has 1 aliphatic rings. The first kappa shape index (κ1) is 11.0. The molecule has 16 heavy (non-hydrogen) atoms. The van der Waals surface area contributed by atoms with Crippen molar-refractivity contribution >= 4 is 5.97 Å². The van der Waals surface area contributed by atoms with E-state index in [0.717, 1.165) is 0 Å². The highest BCUT2D eigenvalue weighted by atomic mass is 19.3. The average Bonchev–Trinajstić information content (AvgIpc) is 2.98. The first-order chi connectivity index (χ1) is 7.40. The molecule has 0 atom stereocenters. The molecule has 1 aromatic carbocycles. The Bertz CT molecular complexity index is 436. The van der Waals surface area contributed by atoms with Crippen LogP contribution >= 0.6 is 0 Å². The summed E-state index contributed by atoms with van der Waals surface area (Å²) in [5.74, 6) is -4.69. The fraction of sp³-hybridized carbons (Fsp3) is 0.417. The van der Waals surface area contributed by atoms with E-state index in [-0.39, 0.29) is 18.4 Å². The zero-order valence-corrected chi connectivity index (χ0v) is 8.84. The largest absolute Gasteiger partial charge is 0.481 e. The van der Waals surface area contributed by atoms with E-state index in [2.05, 4.69) is 0 Å². The van der Waals surface area contributed by atoms with Gasteiger partial charge in [-0.2, -0.15) is 0 Å². The molecule has 0 unspecified atom stereocenters. The van der Waals surface area contributed by atoms with Gasteiger partial charge in [-0.15, -0.1) is 0 Å². The summed E-state index contributed by atoms with van der Waals surface area (Å²) >= 11 is 0. The minimum absolute atomic E-state index is 0.0449. The minimum atomic E-state index is -3.29. The first-order valence-electron chi connectivity index (χ1n) is 5.08. The van der Waals surface area contributed by atoms with E-state index in [1.807, 2.05) is 0 Å². The van der Waals surface area contributed by atoms with E-state index in [1.54, 1.807) is 13.0 Å². The predicted molar refractivity (Wildman–Crippen MR) is 54.4 cm³/mol. The van der Waals surface area contributed by atoms with Gasteiger partial charge in [0, 0.05) is 5.56 Å². The lowest BCUT2D eigenvalue weighted by atomic mass is 9.91. The number of halogens is 2. The molecule has 0 amide bonds. The van der Waals surface area contributed by atoms with E-state index < -0.39 is 17.3 Å². The number of carboxylic acid groups (broad SMARTS) is 1.